The van der Waals surface area contributed by atoms with Crippen molar-refractivity contribution in [2.24, 2.45) is 0 Å². The number of amides is 1. The normalized spacial score (nSPS) is 10.4. The van der Waals surface area contributed by atoms with Gasteiger partial charge in [0, 0.05) is 18.5 Å². The monoisotopic (exact) mass is 431 g/mol. The van der Waals surface area contributed by atoms with Gasteiger partial charge in [0.05, 0.1) is 19.6 Å². The van der Waals surface area contributed by atoms with Crippen LogP contribution in [0.15, 0.2) is 84.9 Å². The standard InChI is InChI=1S/C27H29NO4/c29-26(17-18-27(30)32-20-7-12-22-8-3-1-4-9-22)28-24-13-15-25(16-14-24)31-21-19-23-10-5-2-6-11-23/h1-6,8-11,13-16H,7,12,17-21H2,(H,28,29). The Balaban J connectivity index is 1.28. The zero-order valence-electron chi connectivity index (χ0n) is 18.2. The van der Waals surface area contributed by atoms with Crippen LogP contribution in [0, 0.1) is 0 Å². The van der Waals surface area contributed by atoms with Crippen molar-refractivity contribution in [3.8, 4) is 5.75 Å². The Bertz CT molecular complexity index is 956. The predicted molar refractivity (Wildman–Crippen MR) is 126 cm³/mol. The number of carbonyl (C=O) groups excluding carboxylic acids is 2. The largest absolute Gasteiger partial charge is 0.493 e. The van der Waals surface area contributed by atoms with E-state index < -0.39 is 0 Å². The average molecular weight is 432 g/mol. The number of aryl methyl sites for hydroxylation is 1. The van der Waals surface area contributed by atoms with Crippen LogP contribution in [0.5, 0.6) is 5.75 Å². The summed E-state index contributed by atoms with van der Waals surface area (Å²) < 4.78 is 11.0. The maximum Gasteiger partial charge on any atom is 0.306 e. The zero-order valence-corrected chi connectivity index (χ0v) is 18.2. The Hall–Kier alpha value is -3.60. The molecule has 3 aromatic carbocycles. The first kappa shape index (κ1) is 23.1. The van der Waals surface area contributed by atoms with Gasteiger partial charge in [0.2, 0.25) is 5.91 Å². The first-order chi connectivity index (χ1) is 15.7. The molecule has 3 aromatic rings. The summed E-state index contributed by atoms with van der Waals surface area (Å²) in [7, 11) is 0. The summed E-state index contributed by atoms with van der Waals surface area (Å²) in [4.78, 5) is 23.9. The second-order valence-corrected chi connectivity index (χ2v) is 7.47. The Morgan fingerprint density at radius 3 is 1.97 bits per heavy atom. The molecule has 0 aliphatic heterocycles. The van der Waals surface area contributed by atoms with E-state index >= 15 is 0 Å². The summed E-state index contributed by atoms with van der Waals surface area (Å²) in [5, 5.41) is 2.79. The molecule has 3 rings (SSSR count). The van der Waals surface area contributed by atoms with Crippen molar-refractivity contribution in [1.29, 1.82) is 0 Å². The summed E-state index contributed by atoms with van der Waals surface area (Å²) in [6, 6.07) is 27.4. The third kappa shape index (κ3) is 8.64. The van der Waals surface area contributed by atoms with Crippen molar-refractivity contribution in [1.82, 2.24) is 0 Å². The van der Waals surface area contributed by atoms with Gasteiger partial charge in [-0.1, -0.05) is 60.7 Å². The lowest BCUT2D eigenvalue weighted by Gasteiger charge is -2.09. The fourth-order valence-corrected chi connectivity index (χ4v) is 3.18. The molecule has 166 valence electrons. The number of rotatable bonds is 12. The van der Waals surface area contributed by atoms with E-state index in [1.54, 1.807) is 12.1 Å². The minimum absolute atomic E-state index is 0.0673. The minimum Gasteiger partial charge on any atom is -0.493 e. The van der Waals surface area contributed by atoms with Gasteiger partial charge in [-0.15, -0.1) is 0 Å². The highest BCUT2D eigenvalue weighted by molar-refractivity contribution is 5.92. The molecule has 0 radical (unpaired) electrons. The maximum atomic E-state index is 12.1. The molecular formula is C27H29NO4. The molecule has 0 atom stereocenters. The molecule has 5 nitrogen and oxygen atoms in total. The van der Waals surface area contributed by atoms with Crippen molar-refractivity contribution in [3.63, 3.8) is 0 Å². The van der Waals surface area contributed by atoms with E-state index in [0.717, 1.165) is 25.0 Å². The van der Waals surface area contributed by atoms with E-state index in [2.05, 4.69) is 29.6 Å². The summed E-state index contributed by atoms with van der Waals surface area (Å²) in [5.74, 6) is 0.178. The summed E-state index contributed by atoms with van der Waals surface area (Å²) in [6.07, 6.45) is 2.62. The highest BCUT2D eigenvalue weighted by Gasteiger charge is 2.09. The first-order valence-corrected chi connectivity index (χ1v) is 11.0. The molecule has 5 heteroatoms. The van der Waals surface area contributed by atoms with Crippen LogP contribution < -0.4 is 10.1 Å². The van der Waals surface area contributed by atoms with Crippen molar-refractivity contribution in [3.05, 3.63) is 96.1 Å². The maximum absolute atomic E-state index is 12.1. The number of benzene rings is 3. The van der Waals surface area contributed by atoms with Gasteiger partial charge in [-0.05, 0) is 48.2 Å². The third-order valence-electron chi connectivity index (χ3n) is 4.91. The Kier molecular flexibility index (Phi) is 9.34. The van der Waals surface area contributed by atoms with Gasteiger partial charge in [-0.2, -0.15) is 0 Å². The van der Waals surface area contributed by atoms with Gasteiger partial charge < -0.3 is 14.8 Å². The zero-order chi connectivity index (χ0) is 22.4. The van der Waals surface area contributed by atoms with Crippen molar-refractivity contribution < 1.29 is 19.1 Å². The van der Waals surface area contributed by atoms with Gasteiger partial charge in [0.15, 0.2) is 0 Å². The highest BCUT2D eigenvalue weighted by Crippen LogP contribution is 2.16. The lowest BCUT2D eigenvalue weighted by Crippen LogP contribution is -2.15. The minimum atomic E-state index is -0.352. The van der Waals surface area contributed by atoms with Crippen LogP contribution in [-0.2, 0) is 27.2 Å². The van der Waals surface area contributed by atoms with E-state index in [0.29, 0.717) is 18.9 Å². The van der Waals surface area contributed by atoms with Gasteiger partial charge >= 0.3 is 5.97 Å². The average Bonchev–Trinajstić information content (AvgIpc) is 2.83. The predicted octanol–water partition coefficient (Wildman–Crippen LogP) is 5.20. The first-order valence-electron chi connectivity index (χ1n) is 11.0. The van der Waals surface area contributed by atoms with E-state index in [9.17, 15) is 9.59 Å². The molecule has 0 bridgehead atoms. The van der Waals surface area contributed by atoms with E-state index in [1.807, 2.05) is 48.5 Å². The number of esters is 1. The molecule has 0 aliphatic rings. The summed E-state index contributed by atoms with van der Waals surface area (Å²) in [6.45, 7) is 0.949. The van der Waals surface area contributed by atoms with Gasteiger partial charge in [-0.3, -0.25) is 9.59 Å². The van der Waals surface area contributed by atoms with Crippen molar-refractivity contribution >= 4 is 17.6 Å². The SMILES string of the molecule is O=C(CCC(=O)OCCCc1ccccc1)Nc1ccc(OCCc2ccccc2)cc1. The van der Waals surface area contributed by atoms with Crippen LogP contribution in [0.4, 0.5) is 5.69 Å². The van der Waals surface area contributed by atoms with Gasteiger partial charge in [-0.25, -0.2) is 0 Å². The fourth-order valence-electron chi connectivity index (χ4n) is 3.18. The van der Waals surface area contributed by atoms with Crippen LogP contribution in [0.3, 0.4) is 0 Å². The molecule has 32 heavy (non-hydrogen) atoms. The number of hydrogen-bond donors (Lipinski definition) is 1. The van der Waals surface area contributed by atoms with Crippen LogP contribution in [0.25, 0.3) is 0 Å². The molecule has 0 fully saturated rings. The van der Waals surface area contributed by atoms with Gasteiger partial charge in [0.1, 0.15) is 5.75 Å². The number of anilines is 1. The number of carbonyl (C=O) groups is 2. The van der Waals surface area contributed by atoms with Crippen LogP contribution in [0.2, 0.25) is 0 Å². The molecular weight excluding hydrogens is 402 g/mol. The Morgan fingerprint density at radius 2 is 1.31 bits per heavy atom. The molecule has 0 aromatic heterocycles. The smallest absolute Gasteiger partial charge is 0.306 e. The summed E-state index contributed by atoms with van der Waals surface area (Å²) >= 11 is 0. The van der Waals surface area contributed by atoms with Crippen molar-refractivity contribution in [2.75, 3.05) is 18.5 Å². The third-order valence-corrected chi connectivity index (χ3v) is 4.91. The highest BCUT2D eigenvalue weighted by atomic mass is 16.5. The molecule has 1 amide bonds. The Labute approximate surface area is 189 Å². The van der Waals surface area contributed by atoms with Crippen LogP contribution in [-0.4, -0.2) is 25.1 Å². The lowest BCUT2D eigenvalue weighted by atomic mass is 10.1. The Morgan fingerprint density at radius 1 is 0.688 bits per heavy atom. The topological polar surface area (TPSA) is 64.6 Å². The molecule has 0 spiro atoms. The molecule has 1 N–H and O–H groups in total. The molecule has 0 aliphatic carbocycles. The molecule has 0 unspecified atom stereocenters. The molecule has 0 saturated heterocycles. The van der Waals surface area contributed by atoms with E-state index in [-0.39, 0.29) is 24.7 Å². The molecule has 0 saturated carbocycles. The van der Waals surface area contributed by atoms with Crippen LogP contribution >= 0.6 is 0 Å². The second-order valence-electron chi connectivity index (χ2n) is 7.47. The fraction of sp³-hybridized carbons (Fsp3) is 0.259. The van der Waals surface area contributed by atoms with E-state index in [4.69, 9.17) is 9.47 Å². The van der Waals surface area contributed by atoms with Gasteiger partial charge in [0.25, 0.3) is 0 Å². The molecule has 0 heterocycles. The number of nitrogens with one attached hydrogen (secondary N) is 1. The summed E-state index contributed by atoms with van der Waals surface area (Å²) in [5.41, 5.74) is 3.11. The van der Waals surface area contributed by atoms with Crippen molar-refractivity contribution in [2.45, 2.75) is 32.1 Å². The van der Waals surface area contributed by atoms with Crippen LogP contribution in [0.1, 0.15) is 30.4 Å². The second kappa shape index (κ2) is 13.0. The van der Waals surface area contributed by atoms with E-state index in [1.165, 1.54) is 11.1 Å². The number of ether oxygens (including phenoxy) is 2. The number of hydrogen-bond acceptors (Lipinski definition) is 4. The quantitative estimate of drug-likeness (QED) is 0.316. The lowest BCUT2D eigenvalue weighted by molar-refractivity contribution is -0.144.